The van der Waals surface area contributed by atoms with Gasteiger partial charge in [0.1, 0.15) is 5.82 Å². The number of hydrogen-bond donors (Lipinski definition) is 3. The van der Waals surface area contributed by atoms with Crippen LogP contribution in [0, 0.1) is 5.82 Å². The Balaban J connectivity index is 0.000000187. The predicted molar refractivity (Wildman–Crippen MR) is 77.9 cm³/mol. The Kier molecular flexibility index (Phi) is 5.87. The summed E-state index contributed by atoms with van der Waals surface area (Å²) in [7, 11) is 1.86. The van der Waals surface area contributed by atoms with Crippen LogP contribution in [-0.2, 0) is 0 Å². The van der Waals surface area contributed by atoms with Crippen LogP contribution < -0.4 is 10.6 Å². The molecule has 2 rings (SSSR count). The SMILES string of the molecule is CN/C(C)=C\NC=S.Fc1cccc2cc[nH]c12. The van der Waals surface area contributed by atoms with Crippen molar-refractivity contribution in [1.29, 1.82) is 0 Å². The Labute approximate surface area is 111 Å². The van der Waals surface area contributed by atoms with E-state index in [4.69, 9.17) is 0 Å². The van der Waals surface area contributed by atoms with Gasteiger partial charge in [-0.1, -0.05) is 24.4 Å². The van der Waals surface area contributed by atoms with Crippen molar-refractivity contribution in [2.24, 2.45) is 0 Å². The summed E-state index contributed by atoms with van der Waals surface area (Å²) in [5, 5.41) is 6.61. The zero-order valence-electron chi connectivity index (χ0n) is 10.3. The van der Waals surface area contributed by atoms with Crippen LogP contribution in [-0.4, -0.2) is 17.5 Å². The largest absolute Gasteiger partial charge is 0.390 e. The molecule has 0 saturated carbocycles. The van der Waals surface area contributed by atoms with E-state index in [2.05, 4.69) is 27.8 Å². The zero-order chi connectivity index (χ0) is 13.4. The van der Waals surface area contributed by atoms with Crippen molar-refractivity contribution < 1.29 is 4.39 Å². The molecular weight excluding hydrogens is 249 g/mol. The Hall–Kier alpha value is -1.88. The van der Waals surface area contributed by atoms with E-state index in [1.54, 1.807) is 18.5 Å². The lowest BCUT2D eigenvalue weighted by molar-refractivity contribution is 0.637. The minimum Gasteiger partial charge on any atom is -0.390 e. The monoisotopic (exact) mass is 265 g/mol. The van der Waals surface area contributed by atoms with Crippen LogP contribution in [0.15, 0.2) is 42.4 Å². The average molecular weight is 265 g/mol. The second-order valence-electron chi connectivity index (χ2n) is 3.54. The van der Waals surface area contributed by atoms with E-state index in [0.29, 0.717) is 5.52 Å². The Bertz CT molecular complexity index is 534. The highest BCUT2D eigenvalue weighted by Gasteiger charge is 1.97. The maximum absolute atomic E-state index is 12.8. The van der Waals surface area contributed by atoms with E-state index < -0.39 is 0 Å². The number of rotatable bonds is 3. The van der Waals surface area contributed by atoms with Gasteiger partial charge in [0.15, 0.2) is 0 Å². The van der Waals surface area contributed by atoms with Crippen molar-refractivity contribution >= 4 is 28.6 Å². The average Bonchev–Trinajstić information content (AvgIpc) is 2.86. The summed E-state index contributed by atoms with van der Waals surface area (Å²) in [4.78, 5) is 2.81. The van der Waals surface area contributed by atoms with Gasteiger partial charge in [-0.25, -0.2) is 4.39 Å². The topological polar surface area (TPSA) is 39.8 Å². The van der Waals surface area contributed by atoms with Crippen LogP contribution in [0.2, 0.25) is 0 Å². The van der Waals surface area contributed by atoms with Crippen molar-refractivity contribution in [2.75, 3.05) is 7.05 Å². The molecule has 3 nitrogen and oxygen atoms in total. The number of benzene rings is 1. The number of thiocarbonyl (C=S) groups is 1. The second kappa shape index (κ2) is 7.45. The third kappa shape index (κ3) is 4.18. The maximum atomic E-state index is 12.8. The maximum Gasteiger partial charge on any atom is 0.147 e. The molecule has 0 aliphatic carbocycles. The molecule has 0 aliphatic rings. The fraction of sp³-hybridized carbons (Fsp3) is 0.154. The van der Waals surface area contributed by atoms with E-state index in [0.717, 1.165) is 11.1 Å². The molecule has 0 saturated heterocycles. The number of H-pyrrole nitrogens is 1. The molecule has 1 heterocycles. The summed E-state index contributed by atoms with van der Waals surface area (Å²) in [6.07, 6.45) is 3.53. The van der Waals surface area contributed by atoms with Gasteiger partial charge in [-0.05, 0) is 19.1 Å². The number of fused-ring (bicyclic) bond motifs is 1. The van der Waals surface area contributed by atoms with Crippen LogP contribution in [0.25, 0.3) is 10.9 Å². The van der Waals surface area contributed by atoms with Crippen LogP contribution in [0.1, 0.15) is 6.92 Å². The van der Waals surface area contributed by atoms with Crippen molar-refractivity contribution in [3.05, 3.63) is 48.2 Å². The van der Waals surface area contributed by atoms with Crippen LogP contribution in [0.3, 0.4) is 0 Å². The minimum absolute atomic E-state index is 0.192. The molecule has 0 amide bonds. The Morgan fingerprint density at radius 3 is 2.78 bits per heavy atom. The first kappa shape index (κ1) is 14.2. The molecule has 0 fully saturated rings. The number of hydrogen-bond acceptors (Lipinski definition) is 2. The van der Waals surface area contributed by atoms with E-state index in [1.807, 2.05) is 26.1 Å². The molecule has 3 N–H and O–H groups in total. The van der Waals surface area contributed by atoms with E-state index in [-0.39, 0.29) is 5.82 Å². The molecule has 18 heavy (non-hydrogen) atoms. The van der Waals surface area contributed by atoms with Crippen molar-refractivity contribution in [1.82, 2.24) is 15.6 Å². The summed E-state index contributed by atoms with van der Waals surface area (Å²) in [5.41, 5.74) is 3.11. The molecule has 2 aromatic rings. The second-order valence-corrected chi connectivity index (χ2v) is 3.78. The smallest absolute Gasteiger partial charge is 0.147 e. The first-order valence-electron chi connectivity index (χ1n) is 5.45. The summed E-state index contributed by atoms with van der Waals surface area (Å²) in [6, 6.07) is 6.86. The summed E-state index contributed by atoms with van der Waals surface area (Å²) in [5.74, 6) is -0.192. The van der Waals surface area contributed by atoms with Gasteiger partial charge in [0.25, 0.3) is 0 Å². The molecular formula is C13H16FN3S. The predicted octanol–water partition coefficient (Wildman–Crippen LogP) is 2.92. The summed E-state index contributed by atoms with van der Waals surface area (Å²) >= 11 is 4.51. The molecule has 0 atom stereocenters. The fourth-order valence-electron chi connectivity index (χ4n) is 1.28. The normalized spacial score (nSPS) is 10.5. The first-order valence-corrected chi connectivity index (χ1v) is 5.92. The van der Waals surface area contributed by atoms with Crippen LogP contribution in [0.5, 0.6) is 0 Å². The molecule has 0 spiro atoms. The molecule has 96 valence electrons. The van der Waals surface area contributed by atoms with Gasteiger partial charge < -0.3 is 15.6 Å². The highest BCUT2D eigenvalue weighted by Crippen LogP contribution is 2.14. The Morgan fingerprint density at radius 2 is 2.17 bits per heavy atom. The lowest BCUT2D eigenvalue weighted by Crippen LogP contribution is -2.07. The fourth-order valence-corrected chi connectivity index (χ4v) is 1.35. The molecule has 5 heteroatoms. The lowest BCUT2D eigenvalue weighted by atomic mass is 10.2. The quantitative estimate of drug-likeness (QED) is 0.747. The molecule has 0 bridgehead atoms. The van der Waals surface area contributed by atoms with Gasteiger partial charge >= 0.3 is 0 Å². The van der Waals surface area contributed by atoms with Gasteiger partial charge in [0.05, 0.1) is 11.0 Å². The third-order valence-corrected chi connectivity index (χ3v) is 2.43. The van der Waals surface area contributed by atoms with E-state index >= 15 is 0 Å². The van der Waals surface area contributed by atoms with Gasteiger partial charge in [-0.15, -0.1) is 0 Å². The van der Waals surface area contributed by atoms with Crippen LogP contribution in [0.4, 0.5) is 4.39 Å². The molecule has 0 aliphatic heterocycles. The van der Waals surface area contributed by atoms with Crippen molar-refractivity contribution in [3.8, 4) is 0 Å². The molecule has 0 unspecified atom stereocenters. The number of para-hydroxylation sites is 1. The molecule has 0 radical (unpaired) electrons. The van der Waals surface area contributed by atoms with E-state index in [9.17, 15) is 4.39 Å². The minimum atomic E-state index is -0.192. The van der Waals surface area contributed by atoms with Gasteiger partial charge in [-0.3, -0.25) is 0 Å². The van der Waals surface area contributed by atoms with Crippen molar-refractivity contribution in [2.45, 2.75) is 6.92 Å². The standard InChI is InChI=1S/C8H6FN.C5H10N2S/c9-7-3-1-2-6-4-5-10-8(6)7;1-5(6-2)3-7-4-8/h1-5,10H;3-4,6H,1-2H3,(H,7,8)/b;5-3-. The third-order valence-electron chi connectivity index (χ3n) is 2.30. The van der Waals surface area contributed by atoms with Crippen molar-refractivity contribution in [3.63, 3.8) is 0 Å². The highest BCUT2D eigenvalue weighted by molar-refractivity contribution is 7.78. The number of nitrogens with one attached hydrogen (secondary N) is 3. The summed E-state index contributed by atoms with van der Waals surface area (Å²) in [6.45, 7) is 1.95. The van der Waals surface area contributed by atoms with Gasteiger partial charge in [-0.2, -0.15) is 0 Å². The van der Waals surface area contributed by atoms with Gasteiger partial charge in [0, 0.05) is 30.5 Å². The van der Waals surface area contributed by atoms with Crippen LogP contribution >= 0.6 is 12.2 Å². The number of allylic oxidation sites excluding steroid dienone is 1. The van der Waals surface area contributed by atoms with E-state index in [1.165, 1.54) is 11.6 Å². The first-order chi connectivity index (χ1) is 8.69. The van der Waals surface area contributed by atoms with Gasteiger partial charge in [0.2, 0.25) is 0 Å². The number of aromatic nitrogens is 1. The number of halogens is 1. The lowest BCUT2D eigenvalue weighted by Gasteiger charge is -1.95. The summed E-state index contributed by atoms with van der Waals surface area (Å²) < 4.78 is 12.8. The Morgan fingerprint density at radius 1 is 1.39 bits per heavy atom. The zero-order valence-corrected chi connectivity index (χ0v) is 11.1. The molecule has 1 aromatic heterocycles. The molecule has 1 aromatic carbocycles. The number of aromatic amines is 1. The highest BCUT2D eigenvalue weighted by atomic mass is 32.1.